The number of rotatable bonds is 6. The summed E-state index contributed by atoms with van der Waals surface area (Å²) < 4.78 is 0.788. The van der Waals surface area contributed by atoms with Crippen LogP contribution in [-0.2, 0) is 0 Å². The zero-order valence-electron chi connectivity index (χ0n) is 11.8. The molecule has 1 aromatic rings. The van der Waals surface area contributed by atoms with Crippen LogP contribution in [0, 0.1) is 0 Å². The Morgan fingerprint density at radius 2 is 2.21 bits per heavy atom. The molecule has 0 atom stereocenters. The molecular weight excluding hydrogens is 308 g/mol. The van der Waals surface area contributed by atoms with E-state index in [1.165, 1.54) is 0 Å². The Balaban J connectivity index is 2.61. The second-order valence-corrected chi connectivity index (χ2v) is 5.55. The van der Waals surface area contributed by atoms with Gasteiger partial charge in [0.2, 0.25) is 0 Å². The van der Waals surface area contributed by atoms with Gasteiger partial charge in [0, 0.05) is 36.8 Å². The third-order valence-corrected chi connectivity index (χ3v) is 3.40. The minimum Gasteiger partial charge on any atom is -0.372 e. The molecule has 1 amide bonds. The molecule has 1 rings (SSSR count). The minimum absolute atomic E-state index is 0.115. The summed E-state index contributed by atoms with van der Waals surface area (Å²) in [4.78, 5) is 18.4. The van der Waals surface area contributed by atoms with Gasteiger partial charge in [-0.2, -0.15) is 0 Å². The molecule has 0 saturated carbocycles. The number of aromatic nitrogens is 1. The average molecular weight is 329 g/mol. The van der Waals surface area contributed by atoms with Crippen molar-refractivity contribution < 1.29 is 4.79 Å². The van der Waals surface area contributed by atoms with Gasteiger partial charge in [0.25, 0.3) is 5.91 Å². The zero-order valence-corrected chi connectivity index (χ0v) is 13.4. The van der Waals surface area contributed by atoms with Crippen LogP contribution < -0.4 is 10.6 Å². The highest BCUT2D eigenvalue weighted by atomic mass is 79.9. The van der Waals surface area contributed by atoms with Crippen molar-refractivity contribution in [2.45, 2.75) is 19.9 Å². The van der Waals surface area contributed by atoms with Crippen molar-refractivity contribution in [1.82, 2.24) is 15.2 Å². The van der Waals surface area contributed by atoms with E-state index in [9.17, 15) is 4.79 Å². The van der Waals surface area contributed by atoms with Crippen molar-refractivity contribution in [1.29, 1.82) is 0 Å². The molecule has 2 N–H and O–H groups in total. The molecule has 19 heavy (non-hydrogen) atoms. The average Bonchev–Trinajstić information content (AvgIpc) is 2.38. The number of hydrogen-bond acceptors (Lipinski definition) is 4. The van der Waals surface area contributed by atoms with Gasteiger partial charge in [-0.05, 0) is 42.9 Å². The highest BCUT2D eigenvalue weighted by Gasteiger charge is 2.12. The first-order valence-corrected chi connectivity index (χ1v) is 7.06. The molecule has 0 saturated heterocycles. The Kier molecular flexibility index (Phi) is 6.24. The van der Waals surface area contributed by atoms with Crippen LogP contribution in [0.25, 0.3) is 0 Å². The predicted octanol–water partition coefficient (Wildman–Crippen LogP) is 1.96. The summed E-state index contributed by atoms with van der Waals surface area (Å²) in [5.74, 6) is 0.466. The van der Waals surface area contributed by atoms with Crippen LogP contribution in [0.15, 0.2) is 16.7 Å². The van der Waals surface area contributed by atoms with Gasteiger partial charge < -0.3 is 15.5 Å². The number of nitrogens with zero attached hydrogens (tertiary/aromatic N) is 2. The topological polar surface area (TPSA) is 57.3 Å². The first-order valence-electron chi connectivity index (χ1n) is 6.27. The van der Waals surface area contributed by atoms with Crippen molar-refractivity contribution in [3.8, 4) is 0 Å². The molecule has 6 heteroatoms. The summed E-state index contributed by atoms with van der Waals surface area (Å²) in [6.07, 6.45) is 1.66. The zero-order chi connectivity index (χ0) is 14.4. The molecular formula is C13H21BrN4O. The standard InChI is InChI=1S/C13H21BrN4O/c1-9(2)18(4)6-5-16-13(19)11-7-10(14)8-17-12(11)15-3/h7-9H,5-6H2,1-4H3,(H,15,17)(H,16,19). The number of carbonyl (C=O) groups excluding carboxylic acids is 1. The van der Waals surface area contributed by atoms with Crippen LogP contribution in [0.3, 0.4) is 0 Å². The maximum absolute atomic E-state index is 12.1. The van der Waals surface area contributed by atoms with Gasteiger partial charge in [0.05, 0.1) is 5.56 Å². The molecule has 1 aromatic heterocycles. The number of halogens is 1. The summed E-state index contributed by atoms with van der Waals surface area (Å²) in [7, 11) is 3.79. The first-order chi connectivity index (χ1) is 8.95. The van der Waals surface area contributed by atoms with Crippen molar-refractivity contribution in [3.05, 3.63) is 22.3 Å². The van der Waals surface area contributed by atoms with E-state index in [4.69, 9.17) is 0 Å². The Hall–Kier alpha value is -1.14. The number of anilines is 1. The van der Waals surface area contributed by atoms with Crippen molar-refractivity contribution >= 4 is 27.7 Å². The molecule has 0 fully saturated rings. The second-order valence-electron chi connectivity index (χ2n) is 4.63. The van der Waals surface area contributed by atoms with Crippen LogP contribution in [0.1, 0.15) is 24.2 Å². The van der Waals surface area contributed by atoms with Crippen LogP contribution >= 0.6 is 15.9 Å². The largest absolute Gasteiger partial charge is 0.372 e. The lowest BCUT2D eigenvalue weighted by atomic mass is 10.2. The monoisotopic (exact) mass is 328 g/mol. The third-order valence-electron chi connectivity index (χ3n) is 2.97. The quantitative estimate of drug-likeness (QED) is 0.838. The van der Waals surface area contributed by atoms with E-state index in [1.807, 2.05) is 7.05 Å². The maximum atomic E-state index is 12.1. The fourth-order valence-corrected chi connectivity index (χ4v) is 1.84. The molecule has 0 radical (unpaired) electrons. The molecule has 0 aromatic carbocycles. The van der Waals surface area contributed by atoms with Gasteiger partial charge in [-0.15, -0.1) is 0 Å². The minimum atomic E-state index is -0.115. The van der Waals surface area contributed by atoms with Gasteiger partial charge in [-0.3, -0.25) is 4.79 Å². The lowest BCUT2D eigenvalue weighted by Crippen LogP contribution is -2.36. The molecule has 106 valence electrons. The Labute approximate surface area is 122 Å². The van der Waals surface area contributed by atoms with E-state index in [2.05, 4.69) is 50.3 Å². The van der Waals surface area contributed by atoms with Gasteiger partial charge in [-0.1, -0.05) is 0 Å². The molecule has 0 unspecified atom stereocenters. The Morgan fingerprint density at radius 3 is 2.79 bits per heavy atom. The van der Waals surface area contributed by atoms with Crippen LogP contribution in [-0.4, -0.2) is 49.0 Å². The molecule has 0 bridgehead atoms. The molecule has 0 spiro atoms. The summed E-state index contributed by atoms with van der Waals surface area (Å²) in [5, 5.41) is 5.82. The smallest absolute Gasteiger partial charge is 0.255 e. The summed E-state index contributed by atoms with van der Waals surface area (Å²) >= 11 is 3.33. The molecule has 5 nitrogen and oxygen atoms in total. The summed E-state index contributed by atoms with van der Waals surface area (Å²) in [6.45, 7) is 5.68. The maximum Gasteiger partial charge on any atom is 0.255 e. The van der Waals surface area contributed by atoms with Crippen LogP contribution in [0.5, 0.6) is 0 Å². The number of carbonyl (C=O) groups is 1. The number of pyridine rings is 1. The number of amides is 1. The van der Waals surface area contributed by atoms with E-state index in [0.717, 1.165) is 11.0 Å². The van der Waals surface area contributed by atoms with E-state index in [0.29, 0.717) is 24.0 Å². The lowest BCUT2D eigenvalue weighted by molar-refractivity contribution is 0.0948. The second kappa shape index (κ2) is 7.45. The number of nitrogens with one attached hydrogen (secondary N) is 2. The van der Waals surface area contributed by atoms with Gasteiger partial charge in [-0.25, -0.2) is 4.98 Å². The number of hydrogen-bond donors (Lipinski definition) is 2. The van der Waals surface area contributed by atoms with E-state index < -0.39 is 0 Å². The van der Waals surface area contributed by atoms with E-state index >= 15 is 0 Å². The van der Waals surface area contributed by atoms with Crippen LogP contribution in [0.2, 0.25) is 0 Å². The van der Waals surface area contributed by atoms with Crippen molar-refractivity contribution in [3.63, 3.8) is 0 Å². The highest BCUT2D eigenvalue weighted by Crippen LogP contribution is 2.17. The Morgan fingerprint density at radius 1 is 1.53 bits per heavy atom. The highest BCUT2D eigenvalue weighted by molar-refractivity contribution is 9.10. The van der Waals surface area contributed by atoms with Crippen molar-refractivity contribution in [2.24, 2.45) is 0 Å². The SMILES string of the molecule is CNc1ncc(Br)cc1C(=O)NCCN(C)C(C)C. The van der Waals surface area contributed by atoms with Gasteiger partial charge in [0.15, 0.2) is 0 Å². The van der Waals surface area contributed by atoms with E-state index in [1.54, 1.807) is 19.3 Å². The number of likely N-dealkylation sites (N-methyl/N-ethyl adjacent to an activating group) is 1. The molecule has 0 aliphatic carbocycles. The molecule has 0 aliphatic rings. The Bertz CT molecular complexity index is 437. The van der Waals surface area contributed by atoms with E-state index in [-0.39, 0.29) is 5.91 Å². The molecule has 1 heterocycles. The summed E-state index contributed by atoms with van der Waals surface area (Å²) in [6, 6.07) is 2.23. The van der Waals surface area contributed by atoms with Gasteiger partial charge >= 0.3 is 0 Å². The third kappa shape index (κ3) is 4.80. The first kappa shape index (κ1) is 15.9. The summed E-state index contributed by atoms with van der Waals surface area (Å²) in [5.41, 5.74) is 0.545. The fourth-order valence-electron chi connectivity index (χ4n) is 1.51. The van der Waals surface area contributed by atoms with Gasteiger partial charge in [0.1, 0.15) is 5.82 Å². The van der Waals surface area contributed by atoms with Crippen LogP contribution in [0.4, 0.5) is 5.82 Å². The fraction of sp³-hybridized carbons (Fsp3) is 0.538. The lowest BCUT2D eigenvalue weighted by Gasteiger charge is -2.21. The van der Waals surface area contributed by atoms with Crippen molar-refractivity contribution in [2.75, 3.05) is 32.5 Å². The molecule has 0 aliphatic heterocycles. The predicted molar refractivity (Wildman–Crippen MR) is 81.6 cm³/mol. The normalized spacial score (nSPS) is 10.9.